The summed E-state index contributed by atoms with van der Waals surface area (Å²) in [4.78, 5) is 15.1. The van der Waals surface area contributed by atoms with Crippen LogP contribution in [-0.2, 0) is 22.4 Å². The number of aliphatic hydroxyl groups is 1. The zero-order valence-corrected chi connectivity index (χ0v) is 23.2. The van der Waals surface area contributed by atoms with Gasteiger partial charge in [0.1, 0.15) is 18.0 Å². The standard InChI is InChI=1S/C29H34Cl2F2N2O4/c30-22-5-3-18-13-21(14-20(18)15-22)29(32,33)28(37)34-25(17-35-9-1-2-10-35)27(36)19-4-6-26(24(31)16-19)39-23-7-11-38-12-8-23/h3-6,15-16,21,23,25,27,36H,1-2,7-14,17H2,(H,34,37). The second kappa shape index (κ2) is 12.3. The third-order valence-corrected chi connectivity index (χ3v) is 8.56. The molecule has 10 heteroatoms. The van der Waals surface area contributed by atoms with Gasteiger partial charge in [-0.1, -0.05) is 35.3 Å². The largest absolute Gasteiger partial charge is 0.489 e. The first kappa shape index (κ1) is 28.6. The van der Waals surface area contributed by atoms with Crippen molar-refractivity contribution < 1.29 is 28.2 Å². The van der Waals surface area contributed by atoms with Crippen molar-refractivity contribution in [2.24, 2.45) is 5.92 Å². The highest BCUT2D eigenvalue weighted by atomic mass is 35.5. The van der Waals surface area contributed by atoms with Crippen molar-refractivity contribution in [2.45, 2.75) is 62.7 Å². The van der Waals surface area contributed by atoms with E-state index in [1.54, 1.807) is 36.4 Å². The molecule has 3 unspecified atom stereocenters. The number of nitrogens with one attached hydrogen (secondary N) is 1. The van der Waals surface area contributed by atoms with Crippen LogP contribution in [0.2, 0.25) is 10.0 Å². The summed E-state index contributed by atoms with van der Waals surface area (Å²) < 4.78 is 42.3. The van der Waals surface area contributed by atoms with Crippen LogP contribution >= 0.6 is 23.2 Å². The Hall–Kier alpha value is -1.97. The van der Waals surface area contributed by atoms with Crippen LogP contribution in [0.4, 0.5) is 8.78 Å². The molecule has 2 heterocycles. The normalized spacial score (nSPS) is 21.9. The van der Waals surface area contributed by atoms with E-state index in [2.05, 4.69) is 10.2 Å². The van der Waals surface area contributed by atoms with Crippen molar-refractivity contribution in [3.63, 3.8) is 0 Å². The molecule has 0 spiro atoms. The van der Waals surface area contributed by atoms with E-state index in [0.717, 1.165) is 49.9 Å². The second-order valence-corrected chi connectivity index (χ2v) is 11.6. The predicted molar refractivity (Wildman–Crippen MR) is 146 cm³/mol. The minimum Gasteiger partial charge on any atom is -0.489 e. The molecule has 1 aliphatic carbocycles. The van der Waals surface area contributed by atoms with Gasteiger partial charge in [-0.3, -0.25) is 4.79 Å². The number of alkyl halides is 2. The lowest BCUT2D eigenvalue weighted by Crippen LogP contribution is -2.54. The van der Waals surface area contributed by atoms with Gasteiger partial charge in [-0.05, 0) is 79.7 Å². The van der Waals surface area contributed by atoms with Crippen molar-refractivity contribution in [3.05, 3.63) is 63.1 Å². The Balaban J connectivity index is 1.30. The second-order valence-electron chi connectivity index (χ2n) is 10.8. The Morgan fingerprint density at radius 2 is 1.82 bits per heavy atom. The summed E-state index contributed by atoms with van der Waals surface area (Å²) in [5.41, 5.74) is 1.95. The Kier molecular flexibility index (Phi) is 8.98. The molecule has 0 bridgehead atoms. The number of benzene rings is 2. The molecule has 212 valence electrons. The van der Waals surface area contributed by atoms with Crippen LogP contribution in [0.15, 0.2) is 36.4 Å². The summed E-state index contributed by atoms with van der Waals surface area (Å²) in [6.45, 7) is 3.08. The van der Waals surface area contributed by atoms with E-state index >= 15 is 8.78 Å². The summed E-state index contributed by atoms with van der Waals surface area (Å²) in [5, 5.41) is 14.6. The lowest BCUT2D eigenvalue weighted by atomic mass is 9.95. The molecule has 0 aromatic heterocycles. The molecule has 3 aliphatic rings. The highest BCUT2D eigenvalue weighted by molar-refractivity contribution is 6.32. The summed E-state index contributed by atoms with van der Waals surface area (Å²) in [6, 6.07) is 9.09. The number of aliphatic hydroxyl groups excluding tert-OH is 1. The van der Waals surface area contributed by atoms with Crippen LogP contribution in [0.1, 0.15) is 48.5 Å². The van der Waals surface area contributed by atoms with Crippen LogP contribution in [0.5, 0.6) is 5.75 Å². The van der Waals surface area contributed by atoms with Crippen LogP contribution in [0.25, 0.3) is 0 Å². The van der Waals surface area contributed by atoms with Gasteiger partial charge in [0, 0.05) is 30.3 Å². The van der Waals surface area contributed by atoms with Gasteiger partial charge in [-0.25, -0.2) is 0 Å². The van der Waals surface area contributed by atoms with Crippen LogP contribution in [0, 0.1) is 5.92 Å². The first-order valence-electron chi connectivity index (χ1n) is 13.6. The van der Waals surface area contributed by atoms with Gasteiger partial charge >= 0.3 is 5.92 Å². The van der Waals surface area contributed by atoms with Crippen molar-refractivity contribution in [1.29, 1.82) is 0 Å². The Labute approximate surface area is 237 Å². The molecule has 2 N–H and O–H groups in total. The summed E-state index contributed by atoms with van der Waals surface area (Å²) in [7, 11) is 0. The maximum atomic E-state index is 15.5. The van der Waals surface area contributed by atoms with Gasteiger partial charge < -0.3 is 24.8 Å². The average molecular weight is 584 g/mol. The van der Waals surface area contributed by atoms with Gasteiger partial charge in [-0.2, -0.15) is 8.78 Å². The fraction of sp³-hybridized carbons (Fsp3) is 0.552. The molecule has 3 atom stereocenters. The van der Waals surface area contributed by atoms with E-state index in [1.807, 2.05) is 0 Å². The lowest BCUT2D eigenvalue weighted by Gasteiger charge is -2.31. The van der Waals surface area contributed by atoms with Crippen LogP contribution < -0.4 is 10.1 Å². The molecule has 2 saturated heterocycles. The lowest BCUT2D eigenvalue weighted by molar-refractivity contribution is -0.155. The summed E-state index contributed by atoms with van der Waals surface area (Å²) in [5.74, 6) is -5.67. The quantitative estimate of drug-likeness (QED) is 0.424. The third kappa shape index (κ3) is 6.68. The van der Waals surface area contributed by atoms with Gasteiger partial charge in [0.15, 0.2) is 0 Å². The molecule has 39 heavy (non-hydrogen) atoms. The van der Waals surface area contributed by atoms with Crippen LogP contribution in [0.3, 0.4) is 0 Å². The number of ether oxygens (including phenoxy) is 2. The first-order chi connectivity index (χ1) is 18.7. The number of likely N-dealkylation sites (tertiary alicyclic amines) is 1. The number of carbonyl (C=O) groups excluding carboxylic acids is 1. The fourth-order valence-electron chi connectivity index (χ4n) is 5.76. The monoisotopic (exact) mass is 582 g/mol. The zero-order chi connectivity index (χ0) is 27.6. The van der Waals surface area contributed by atoms with Gasteiger partial charge in [0.05, 0.1) is 24.3 Å². The summed E-state index contributed by atoms with van der Waals surface area (Å²) in [6.07, 6.45) is 2.42. The zero-order valence-electron chi connectivity index (χ0n) is 21.7. The molecule has 2 aromatic rings. The summed E-state index contributed by atoms with van der Waals surface area (Å²) >= 11 is 12.5. The number of rotatable bonds is 9. The smallest absolute Gasteiger partial charge is 0.327 e. The van der Waals surface area contributed by atoms with Crippen molar-refractivity contribution in [3.8, 4) is 5.75 Å². The molecule has 0 saturated carbocycles. The molecule has 2 aliphatic heterocycles. The molecule has 5 rings (SSSR count). The molecule has 6 nitrogen and oxygen atoms in total. The number of hydrogen-bond acceptors (Lipinski definition) is 5. The number of nitrogens with zero attached hydrogens (tertiary/aromatic N) is 1. The minimum atomic E-state index is -3.62. The SMILES string of the molecule is O=C(NC(CN1CCCC1)C(O)c1ccc(OC2CCOCC2)c(Cl)c1)C(F)(F)C1Cc2ccc(Cl)cc2C1. The number of amides is 1. The van der Waals surface area contributed by atoms with Gasteiger partial charge in [0.2, 0.25) is 0 Å². The van der Waals surface area contributed by atoms with E-state index in [4.69, 9.17) is 32.7 Å². The Morgan fingerprint density at radius 3 is 2.54 bits per heavy atom. The number of halogens is 4. The number of carbonyl (C=O) groups is 1. The number of hydrogen-bond donors (Lipinski definition) is 2. The maximum Gasteiger partial charge on any atom is 0.327 e. The highest BCUT2D eigenvalue weighted by Gasteiger charge is 2.50. The fourth-order valence-corrected chi connectivity index (χ4v) is 6.19. The molecular formula is C29H34Cl2F2N2O4. The van der Waals surface area contributed by atoms with Crippen molar-refractivity contribution in [1.82, 2.24) is 10.2 Å². The van der Waals surface area contributed by atoms with E-state index in [9.17, 15) is 9.90 Å². The van der Waals surface area contributed by atoms with Gasteiger partial charge in [0.25, 0.3) is 5.91 Å². The Morgan fingerprint density at radius 1 is 1.10 bits per heavy atom. The minimum absolute atomic E-state index is 0.00536. The van der Waals surface area contributed by atoms with Crippen molar-refractivity contribution in [2.75, 3.05) is 32.8 Å². The Bertz CT molecular complexity index is 1170. The van der Waals surface area contributed by atoms with E-state index in [1.165, 1.54) is 0 Å². The first-order valence-corrected chi connectivity index (χ1v) is 14.4. The van der Waals surface area contributed by atoms with Gasteiger partial charge in [-0.15, -0.1) is 0 Å². The predicted octanol–water partition coefficient (Wildman–Crippen LogP) is 5.22. The molecule has 2 aromatic carbocycles. The topological polar surface area (TPSA) is 71.0 Å². The average Bonchev–Trinajstić information content (AvgIpc) is 3.59. The maximum absolute atomic E-state index is 15.5. The molecule has 0 radical (unpaired) electrons. The van der Waals surface area contributed by atoms with Crippen molar-refractivity contribution >= 4 is 29.1 Å². The molecule has 2 fully saturated rings. The molecular weight excluding hydrogens is 549 g/mol. The third-order valence-electron chi connectivity index (χ3n) is 8.03. The number of fused-ring (bicyclic) bond motifs is 1. The van der Waals surface area contributed by atoms with E-state index < -0.39 is 29.9 Å². The molecule has 1 amide bonds. The van der Waals surface area contributed by atoms with E-state index in [0.29, 0.717) is 34.6 Å². The highest BCUT2D eigenvalue weighted by Crippen LogP contribution is 2.39. The van der Waals surface area contributed by atoms with E-state index in [-0.39, 0.29) is 25.5 Å². The van der Waals surface area contributed by atoms with Crippen LogP contribution in [-0.4, -0.2) is 66.8 Å².